The van der Waals surface area contributed by atoms with Crippen LogP contribution in [-0.4, -0.2) is 35.0 Å². The first kappa shape index (κ1) is 21.8. The van der Waals surface area contributed by atoms with Crippen LogP contribution in [0.4, 0.5) is 20.4 Å². The number of amides is 1. The summed E-state index contributed by atoms with van der Waals surface area (Å²) in [6.45, 7) is 1.81. The first-order valence-electron chi connectivity index (χ1n) is 9.02. The van der Waals surface area contributed by atoms with Crippen LogP contribution in [0.5, 0.6) is 0 Å². The molecule has 1 aromatic carbocycles. The van der Waals surface area contributed by atoms with E-state index in [9.17, 15) is 13.6 Å². The van der Waals surface area contributed by atoms with Gasteiger partial charge in [0, 0.05) is 30.8 Å². The minimum Gasteiger partial charge on any atom is -0.373 e. The second kappa shape index (κ2) is 9.64. The molecule has 0 radical (unpaired) electrons. The Balaban J connectivity index is 0.00000280. The van der Waals surface area contributed by atoms with Crippen LogP contribution in [-0.2, 0) is 0 Å². The van der Waals surface area contributed by atoms with Crippen molar-refractivity contribution in [1.29, 1.82) is 0 Å². The molecule has 1 amide bonds. The van der Waals surface area contributed by atoms with Crippen LogP contribution in [0.2, 0.25) is 0 Å². The summed E-state index contributed by atoms with van der Waals surface area (Å²) in [7, 11) is 1.79. The Morgan fingerprint density at radius 3 is 2.39 bits per heavy atom. The summed E-state index contributed by atoms with van der Waals surface area (Å²) >= 11 is 0. The Kier molecular flexibility index (Phi) is 7.51. The van der Waals surface area contributed by atoms with E-state index in [-0.39, 0.29) is 30.1 Å². The first-order valence-corrected chi connectivity index (χ1v) is 9.02. The van der Waals surface area contributed by atoms with E-state index in [0.29, 0.717) is 17.5 Å². The first-order chi connectivity index (χ1) is 13.0. The number of carbonyl (C=O) groups is 1. The Morgan fingerprint density at radius 2 is 1.71 bits per heavy atom. The smallest absolute Gasteiger partial charge is 0.251 e. The Labute approximate surface area is 169 Å². The van der Waals surface area contributed by atoms with E-state index in [1.54, 1.807) is 7.05 Å². The van der Waals surface area contributed by atoms with Gasteiger partial charge < -0.3 is 16.0 Å². The van der Waals surface area contributed by atoms with Gasteiger partial charge in [0.1, 0.15) is 17.5 Å². The molecule has 0 bridgehead atoms. The number of nitrogens with zero attached hydrogens (tertiary/aromatic N) is 2. The van der Waals surface area contributed by atoms with E-state index < -0.39 is 17.5 Å². The van der Waals surface area contributed by atoms with Crippen molar-refractivity contribution in [2.45, 2.75) is 44.7 Å². The lowest BCUT2D eigenvalue weighted by Crippen LogP contribution is -2.48. The van der Waals surface area contributed by atoms with E-state index in [4.69, 9.17) is 0 Å². The molecule has 1 fully saturated rings. The van der Waals surface area contributed by atoms with Gasteiger partial charge in [-0.1, -0.05) is 12.8 Å². The zero-order valence-corrected chi connectivity index (χ0v) is 16.6. The average molecular weight is 412 g/mol. The minimum absolute atomic E-state index is 0. The number of aryl methyl sites for hydroxylation is 1. The number of halogens is 3. The monoisotopic (exact) mass is 411 g/mol. The van der Waals surface area contributed by atoms with Crippen LogP contribution in [0, 0.1) is 18.6 Å². The predicted octanol–water partition coefficient (Wildman–Crippen LogP) is 3.68. The zero-order valence-electron chi connectivity index (χ0n) is 15.8. The fourth-order valence-corrected chi connectivity index (χ4v) is 3.33. The van der Waals surface area contributed by atoms with E-state index in [1.165, 1.54) is 6.07 Å². The summed E-state index contributed by atoms with van der Waals surface area (Å²) in [6.07, 6.45) is 3.71. The third-order valence-electron chi connectivity index (χ3n) is 4.69. The summed E-state index contributed by atoms with van der Waals surface area (Å²) in [5, 5.41) is 9.32. The minimum atomic E-state index is -1.03. The van der Waals surface area contributed by atoms with Gasteiger partial charge in [0.25, 0.3) is 5.91 Å². The molecule has 6 nitrogen and oxygen atoms in total. The van der Waals surface area contributed by atoms with E-state index >= 15 is 0 Å². The summed E-state index contributed by atoms with van der Waals surface area (Å²) < 4.78 is 26.5. The average Bonchev–Trinajstić information content (AvgIpc) is 2.65. The predicted molar refractivity (Wildman–Crippen MR) is 107 cm³/mol. The topological polar surface area (TPSA) is 78.9 Å². The molecular weight excluding hydrogens is 388 g/mol. The van der Waals surface area contributed by atoms with Crippen LogP contribution in [0.25, 0.3) is 0 Å². The fraction of sp³-hybridized carbons (Fsp3) is 0.421. The van der Waals surface area contributed by atoms with Gasteiger partial charge in [-0.3, -0.25) is 4.79 Å². The van der Waals surface area contributed by atoms with Crippen LogP contribution in [0.1, 0.15) is 41.9 Å². The lowest BCUT2D eigenvalue weighted by atomic mass is 9.90. The number of hydrogen-bond acceptors (Lipinski definition) is 5. The molecule has 2 atom stereocenters. The zero-order chi connectivity index (χ0) is 19.4. The second-order valence-corrected chi connectivity index (χ2v) is 6.68. The molecule has 1 heterocycles. The number of carbonyl (C=O) groups excluding carboxylic acids is 1. The third-order valence-corrected chi connectivity index (χ3v) is 4.69. The Bertz CT molecular complexity index is 836. The number of aromatic nitrogens is 2. The molecule has 2 aromatic rings. The van der Waals surface area contributed by atoms with Crippen molar-refractivity contribution >= 4 is 29.9 Å². The maximum atomic E-state index is 13.4. The largest absolute Gasteiger partial charge is 0.373 e. The van der Waals surface area contributed by atoms with Crippen molar-refractivity contribution in [2.75, 3.05) is 17.7 Å². The SMILES string of the molecule is CNc1cc(NC2CCCCC2NC(=O)c2ccc(F)c(F)c2)nc(C)n1.Cl. The van der Waals surface area contributed by atoms with Gasteiger partial charge in [0.05, 0.1) is 0 Å². The number of benzene rings is 1. The van der Waals surface area contributed by atoms with Crippen molar-refractivity contribution in [3.63, 3.8) is 0 Å². The van der Waals surface area contributed by atoms with Crippen molar-refractivity contribution in [3.8, 4) is 0 Å². The van der Waals surface area contributed by atoms with Crippen molar-refractivity contribution in [3.05, 3.63) is 47.3 Å². The van der Waals surface area contributed by atoms with Gasteiger partial charge in [0.15, 0.2) is 11.6 Å². The summed E-state index contributed by atoms with van der Waals surface area (Å²) in [6, 6.07) is 4.84. The summed E-state index contributed by atoms with van der Waals surface area (Å²) in [5.74, 6) is -0.376. The molecule has 152 valence electrons. The lowest BCUT2D eigenvalue weighted by molar-refractivity contribution is 0.0923. The second-order valence-electron chi connectivity index (χ2n) is 6.68. The van der Waals surface area contributed by atoms with Crippen molar-refractivity contribution in [1.82, 2.24) is 15.3 Å². The van der Waals surface area contributed by atoms with E-state index in [1.807, 2.05) is 13.0 Å². The Morgan fingerprint density at radius 1 is 1.04 bits per heavy atom. The molecule has 1 aliphatic rings. The fourth-order valence-electron chi connectivity index (χ4n) is 3.33. The van der Waals surface area contributed by atoms with Crippen LogP contribution >= 0.6 is 12.4 Å². The molecular formula is C19H24ClF2N5O. The molecule has 9 heteroatoms. The molecule has 1 aromatic heterocycles. The third kappa shape index (κ3) is 5.28. The summed E-state index contributed by atoms with van der Waals surface area (Å²) in [5.41, 5.74) is 0.105. The molecule has 2 unspecified atom stereocenters. The molecule has 0 aliphatic heterocycles. The molecule has 1 aliphatic carbocycles. The van der Waals surface area contributed by atoms with Gasteiger partial charge in [0.2, 0.25) is 0 Å². The number of hydrogen-bond donors (Lipinski definition) is 3. The van der Waals surface area contributed by atoms with Crippen molar-refractivity contribution in [2.24, 2.45) is 0 Å². The lowest BCUT2D eigenvalue weighted by Gasteiger charge is -2.33. The van der Waals surface area contributed by atoms with Crippen LogP contribution in [0.3, 0.4) is 0 Å². The number of anilines is 2. The summed E-state index contributed by atoms with van der Waals surface area (Å²) in [4.78, 5) is 21.1. The van der Waals surface area contributed by atoms with Gasteiger partial charge in [-0.15, -0.1) is 12.4 Å². The maximum absolute atomic E-state index is 13.4. The normalized spacial score (nSPS) is 18.7. The van der Waals surface area contributed by atoms with E-state index in [2.05, 4.69) is 25.9 Å². The number of nitrogens with one attached hydrogen (secondary N) is 3. The Hall–Kier alpha value is -2.48. The highest BCUT2D eigenvalue weighted by molar-refractivity contribution is 5.94. The standard InChI is InChI=1S/C19H23F2N5O.ClH/c1-11-23-17(22-2)10-18(24-11)25-15-5-3-4-6-16(15)26-19(27)12-7-8-13(20)14(21)9-12;/h7-10,15-16H,3-6H2,1-2H3,(H,26,27)(H2,22,23,24,25);1H. The quantitative estimate of drug-likeness (QED) is 0.699. The van der Waals surface area contributed by atoms with E-state index in [0.717, 1.165) is 37.8 Å². The molecule has 3 N–H and O–H groups in total. The molecule has 3 rings (SSSR count). The molecule has 0 saturated heterocycles. The van der Waals surface area contributed by atoms with Crippen LogP contribution in [0.15, 0.2) is 24.3 Å². The van der Waals surface area contributed by atoms with Gasteiger partial charge in [-0.2, -0.15) is 0 Å². The highest BCUT2D eigenvalue weighted by atomic mass is 35.5. The molecule has 0 spiro atoms. The van der Waals surface area contributed by atoms with Crippen molar-refractivity contribution < 1.29 is 13.6 Å². The molecule has 1 saturated carbocycles. The van der Waals surface area contributed by atoms with Gasteiger partial charge in [-0.25, -0.2) is 18.7 Å². The molecule has 28 heavy (non-hydrogen) atoms. The number of rotatable bonds is 5. The highest BCUT2D eigenvalue weighted by Crippen LogP contribution is 2.23. The van der Waals surface area contributed by atoms with Gasteiger partial charge in [-0.05, 0) is 38.0 Å². The van der Waals surface area contributed by atoms with Gasteiger partial charge >= 0.3 is 0 Å². The highest BCUT2D eigenvalue weighted by Gasteiger charge is 2.27. The van der Waals surface area contributed by atoms with Crippen LogP contribution < -0.4 is 16.0 Å². The maximum Gasteiger partial charge on any atom is 0.251 e.